The van der Waals surface area contributed by atoms with Crippen LogP contribution in [0.4, 0.5) is 5.82 Å². The fourth-order valence-corrected chi connectivity index (χ4v) is 2.85. The summed E-state index contributed by atoms with van der Waals surface area (Å²) in [6.07, 6.45) is 4.38. The number of nitrogens with zero attached hydrogens (tertiary/aromatic N) is 3. The molecular weight excluding hydrogens is 292 g/mol. The highest BCUT2D eigenvalue weighted by molar-refractivity contribution is 5.95. The third-order valence-electron chi connectivity index (χ3n) is 4.08. The number of carbonyl (C=O) groups excluding carboxylic acids is 1. The highest BCUT2D eigenvalue weighted by Gasteiger charge is 2.29. The second-order valence-corrected chi connectivity index (χ2v) is 6.02. The molecule has 1 fully saturated rings. The van der Waals surface area contributed by atoms with Crippen LogP contribution < -0.4 is 9.64 Å². The molecule has 122 valence electrons. The number of pyridine rings is 1. The van der Waals surface area contributed by atoms with Gasteiger partial charge in [-0.1, -0.05) is 0 Å². The number of nitrogens with one attached hydrogen (secondary N) is 1. The van der Waals surface area contributed by atoms with E-state index in [9.17, 15) is 4.79 Å². The molecule has 0 bridgehead atoms. The molecule has 0 saturated carbocycles. The molecule has 0 aliphatic carbocycles. The molecule has 3 heterocycles. The van der Waals surface area contributed by atoms with Crippen LogP contribution in [-0.2, 0) is 0 Å². The molecular formula is C17H22N4O2. The third kappa shape index (κ3) is 3.16. The first kappa shape index (κ1) is 15.4. The number of H-pyrrole nitrogens is 1. The van der Waals surface area contributed by atoms with Crippen molar-refractivity contribution in [2.45, 2.75) is 19.4 Å². The summed E-state index contributed by atoms with van der Waals surface area (Å²) in [5, 5.41) is 0. The average Bonchev–Trinajstić information content (AvgIpc) is 3.16. The monoisotopic (exact) mass is 314 g/mol. The molecule has 1 N–H and O–H groups in total. The van der Waals surface area contributed by atoms with Crippen LogP contribution in [-0.4, -0.2) is 54.1 Å². The van der Waals surface area contributed by atoms with Gasteiger partial charge >= 0.3 is 0 Å². The molecule has 1 aliphatic heterocycles. The summed E-state index contributed by atoms with van der Waals surface area (Å²) < 4.78 is 6.09. The summed E-state index contributed by atoms with van der Waals surface area (Å²) >= 11 is 0. The molecule has 1 unspecified atom stereocenters. The van der Waals surface area contributed by atoms with Gasteiger partial charge in [0, 0.05) is 45.1 Å². The van der Waals surface area contributed by atoms with Crippen molar-refractivity contribution in [3.05, 3.63) is 41.9 Å². The molecule has 3 rings (SSSR count). The number of aromatic nitrogens is 2. The Morgan fingerprint density at radius 3 is 2.96 bits per heavy atom. The summed E-state index contributed by atoms with van der Waals surface area (Å²) in [5.41, 5.74) is 1.64. The second kappa shape index (κ2) is 6.32. The van der Waals surface area contributed by atoms with Crippen LogP contribution >= 0.6 is 0 Å². The number of aromatic amines is 1. The molecule has 6 nitrogen and oxygen atoms in total. The zero-order chi connectivity index (χ0) is 16.4. The van der Waals surface area contributed by atoms with Crippen molar-refractivity contribution in [2.24, 2.45) is 0 Å². The molecule has 0 spiro atoms. The predicted octanol–water partition coefficient (Wildman–Crippen LogP) is 2.08. The van der Waals surface area contributed by atoms with Crippen molar-refractivity contribution in [3.63, 3.8) is 0 Å². The third-order valence-corrected chi connectivity index (χ3v) is 4.08. The fourth-order valence-electron chi connectivity index (χ4n) is 2.85. The molecule has 23 heavy (non-hydrogen) atoms. The molecule has 0 radical (unpaired) electrons. The van der Waals surface area contributed by atoms with Gasteiger partial charge in [-0.15, -0.1) is 0 Å². The Labute approximate surface area is 136 Å². The first-order valence-corrected chi connectivity index (χ1v) is 7.78. The zero-order valence-corrected chi connectivity index (χ0v) is 13.7. The topological polar surface area (TPSA) is 61.5 Å². The number of amides is 1. The molecule has 2 aromatic rings. The van der Waals surface area contributed by atoms with Gasteiger partial charge in [0.05, 0.1) is 12.1 Å². The van der Waals surface area contributed by atoms with E-state index in [0.29, 0.717) is 13.1 Å². The van der Waals surface area contributed by atoms with Crippen molar-refractivity contribution < 1.29 is 9.53 Å². The van der Waals surface area contributed by atoms with E-state index in [2.05, 4.69) is 9.97 Å². The minimum absolute atomic E-state index is 0.00102. The minimum atomic E-state index is 0.00102. The molecule has 1 amide bonds. The lowest BCUT2D eigenvalue weighted by molar-refractivity contribution is 0.0772. The van der Waals surface area contributed by atoms with Gasteiger partial charge in [0.1, 0.15) is 6.10 Å². The first-order valence-electron chi connectivity index (χ1n) is 7.78. The number of hydrogen-bond acceptors (Lipinski definition) is 4. The van der Waals surface area contributed by atoms with E-state index >= 15 is 0 Å². The zero-order valence-electron chi connectivity index (χ0n) is 13.7. The predicted molar refractivity (Wildman–Crippen MR) is 89.0 cm³/mol. The summed E-state index contributed by atoms with van der Waals surface area (Å²) in [5.74, 6) is 1.63. The average molecular weight is 314 g/mol. The van der Waals surface area contributed by atoms with E-state index in [1.165, 1.54) is 0 Å². The summed E-state index contributed by atoms with van der Waals surface area (Å²) in [6.45, 7) is 3.23. The van der Waals surface area contributed by atoms with E-state index in [-0.39, 0.29) is 12.0 Å². The van der Waals surface area contributed by atoms with Crippen LogP contribution in [0.3, 0.4) is 0 Å². The van der Waals surface area contributed by atoms with Crippen molar-refractivity contribution in [1.29, 1.82) is 0 Å². The largest absolute Gasteiger partial charge is 0.485 e. The standard InChI is InChI=1S/C17H22N4O2/c1-12-14(6-9-18-12)17(22)21-10-7-13(11-21)23-15-5-4-8-19-16(15)20(2)3/h4-6,8-9,13,18H,7,10-11H2,1-3H3. The van der Waals surface area contributed by atoms with Crippen LogP contribution in [0.2, 0.25) is 0 Å². The highest BCUT2D eigenvalue weighted by Crippen LogP contribution is 2.27. The van der Waals surface area contributed by atoms with Crippen LogP contribution in [0.5, 0.6) is 5.75 Å². The second-order valence-electron chi connectivity index (χ2n) is 6.02. The van der Waals surface area contributed by atoms with Crippen LogP contribution in [0.15, 0.2) is 30.6 Å². The normalized spacial score (nSPS) is 17.3. The number of carbonyl (C=O) groups is 1. The Morgan fingerprint density at radius 2 is 2.26 bits per heavy atom. The smallest absolute Gasteiger partial charge is 0.255 e. The SMILES string of the molecule is Cc1[nH]ccc1C(=O)N1CCC(Oc2cccnc2N(C)C)C1. The lowest BCUT2D eigenvalue weighted by Gasteiger charge is -2.20. The van der Waals surface area contributed by atoms with Gasteiger partial charge in [0.2, 0.25) is 0 Å². The van der Waals surface area contributed by atoms with E-state index in [4.69, 9.17) is 4.74 Å². The highest BCUT2D eigenvalue weighted by atomic mass is 16.5. The Balaban J connectivity index is 1.67. The quantitative estimate of drug-likeness (QED) is 0.938. The summed E-state index contributed by atoms with van der Waals surface area (Å²) in [7, 11) is 3.88. The number of ether oxygens (including phenoxy) is 1. The van der Waals surface area contributed by atoms with E-state index in [0.717, 1.165) is 29.2 Å². The van der Waals surface area contributed by atoms with E-state index in [1.807, 2.05) is 49.0 Å². The van der Waals surface area contributed by atoms with Gasteiger partial charge in [0.15, 0.2) is 11.6 Å². The number of aryl methyl sites for hydroxylation is 1. The van der Waals surface area contributed by atoms with Gasteiger partial charge < -0.3 is 19.5 Å². The van der Waals surface area contributed by atoms with Crippen molar-refractivity contribution in [1.82, 2.24) is 14.9 Å². The Kier molecular flexibility index (Phi) is 4.23. The van der Waals surface area contributed by atoms with E-state index < -0.39 is 0 Å². The maximum absolute atomic E-state index is 12.5. The van der Waals surface area contributed by atoms with E-state index in [1.54, 1.807) is 12.4 Å². The van der Waals surface area contributed by atoms with Gasteiger partial charge in [0.25, 0.3) is 5.91 Å². The summed E-state index contributed by atoms with van der Waals surface area (Å²) in [6, 6.07) is 5.61. The molecule has 0 aromatic carbocycles. The molecule has 1 aliphatic rings. The van der Waals surface area contributed by atoms with Crippen molar-refractivity contribution in [2.75, 3.05) is 32.1 Å². The van der Waals surface area contributed by atoms with Gasteiger partial charge in [-0.05, 0) is 25.1 Å². The fraction of sp³-hybridized carbons (Fsp3) is 0.412. The van der Waals surface area contributed by atoms with Crippen molar-refractivity contribution >= 4 is 11.7 Å². The number of hydrogen-bond donors (Lipinski definition) is 1. The lowest BCUT2D eigenvalue weighted by atomic mass is 10.2. The van der Waals surface area contributed by atoms with Gasteiger partial charge in [-0.25, -0.2) is 4.98 Å². The molecule has 1 atom stereocenters. The number of rotatable bonds is 4. The van der Waals surface area contributed by atoms with Crippen LogP contribution in [0.25, 0.3) is 0 Å². The first-order chi connectivity index (χ1) is 11.1. The molecule has 2 aromatic heterocycles. The number of anilines is 1. The Hall–Kier alpha value is -2.50. The van der Waals surface area contributed by atoms with Crippen LogP contribution in [0.1, 0.15) is 22.5 Å². The Morgan fingerprint density at radius 1 is 1.43 bits per heavy atom. The number of likely N-dealkylation sites (tertiary alicyclic amines) is 1. The molecule has 1 saturated heterocycles. The van der Waals surface area contributed by atoms with Crippen LogP contribution in [0, 0.1) is 6.92 Å². The minimum Gasteiger partial charge on any atom is -0.485 e. The summed E-state index contributed by atoms with van der Waals surface area (Å²) in [4.78, 5) is 23.7. The lowest BCUT2D eigenvalue weighted by Crippen LogP contribution is -2.31. The maximum atomic E-state index is 12.5. The van der Waals surface area contributed by atoms with Gasteiger partial charge in [-0.3, -0.25) is 4.79 Å². The van der Waals surface area contributed by atoms with Gasteiger partial charge in [-0.2, -0.15) is 0 Å². The molecule has 6 heteroatoms. The Bertz CT molecular complexity index is 695. The van der Waals surface area contributed by atoms with Crippen molar-refractivity contribution in [3.8, 4) is 5.75 Å². The maximum Gasteiger partial charge on any atom is 0.255 e.